The van der Waals surface area contributed by atoms with Crippen molar-refractivity contribution in [2.45, 2.75) is 19.8 Å². The Kier molecular flexibility index (Phi) is 4.61. The number of hydrogen-bond donors (Lipinski definition) is 1. The van der Waals surface area contributed by atoms with E-state index in [9.17, 15) is 14.0 Å². The molecule has 0 aromatic heterocycles. The van der Waals surface area contributed by atoms with E-state index < -0.39 is 5.82 Å². The fraction of sp³-hybridized carbons (Fsp3) is 0.529. The molecule has 0 spiro atoms. The zero-order valence-corrected chi connectivity index (χ0v) is 13.3. The summed E-state index contributed by atoms with van der Waals surface area (Å²) in [5.74, 6) is -0.266. The Morgan fingerprint density at radius 3 is 2.52 bits per heavy atom. The molecule has 1 aromatic rings. The molecule has 1 aromatic carbocycles. The van der Waals surface area contributed by atoms with Gasteiger partial charge in [0.25, 0.3) is 5.91 Å². The lowest BCUT2D eigenvalue weighted by molar-refractivity contribution is -0.114. The molecule has 1 aliphatic carbocycles. The second-order valence-corrected chi connectivity index (χ2v) is 6.41. The normalized spacial score (nSPS) is 18.8. The number of halogens is 1. The quantitative estimate of drug-likeness (QED) is 0.923. The minimum Gasteiger partial charge on any atom is -0.336 e. The molecule has 0 bridgehead atoms. The van der Waals surface area contributed by atoms with Gasteiger partial charge >= 0.3 is 0 Å². The zero-order valence-electron chi connectivity index (χ0n) is 13.3. The van der Waals surface area contributed by atoms with Gasteiger partial charge in [0.2, 0.25) is 5.91 Å². The maximum atomic E-state index is 14.0. The lowest BCUT2D eigenvalue weighted by atomic mass is 10.1. The van der Waals surface area contributed by atoms with Gasteiger partial charge in [-0.3, -0.25) is 14.5 Å². The van der Waals surface area contributed by atoms with Crippen LogP contribution in [0.2, 0.25) is 0 Å². The molecule has 0 unspecified atom stereocenters. The molecule has 1 saturated carbocycles. The number of amides is 2. The summed E-state index contributed by atoms with van der Waals surface area (Å²) in [7, 11) is 0. The van der Waals surface area contributed by atoms with Crippen molar-refractivity contribution < 1.29 is 14.0 Å². The number of nitrogens with zero attached hydrogens (tertiary/aromatic N) is 2. The fourth-order valence-electron chi connectivity index (χ4n) is 2.94. The van der Waals surface area contributed by atoms with Crippen LogP contribution in [0, 0.1) is 11.7 Å². The van der Waals surface area contributed by atoms with Crippen molar-refractivity contribution in [1.29, 1.82) is 0 Å². The number of piperazine rings is 1. The van der Waals surface area contributed by atoms with Crippen LogP contribution in [-0.4, -0.2) is 54.3 Å². The van der Waals surface area contributed by atoms with Crippen molar-refractivity contribution in [1.82, 2.24) is 9.80 Å². The van der Waals surface area contributed by atoms with E-state index in [0.29, 0.717) is 18.8 Å². The van der Waals surface area contributed by atoms with Gasteiger partial charge in [0.15, 0.2) is 0 Å². The van der Waals surface area contributed by atoms with Gasteiger partial charge in [-0.05, 0) is 37.0 Å². The molecule has 1 heterocycles. The fourth-order valence-corrected chi connectivity index (χ4v) is 2.94. The number of hydrogen-bond acceptors (Lipinski definition) is 3. The predicted molar refractivity (Wildman–Crippen MR) is 85.8 cm³/mol. The van der Waals surface area contributed by atoms with Crippen LogP contribution in [-0.2, 0) is 4.79 Å². The second kappa shape index (κ2) is 6.66. The summed E-state index contributed by atoms with van der Waals surface area (Å²) in [5, 5.41) is 2.58. The summed E-state index contributed by atoms with van der Waals surface area (Å²) in [6.07, 6.45) is 2.64. The van der Waals surface area contributed by atoms with E-state index >= 15 is 0 Å². The van der Waals surface area contributed by atoms with E-state index in [1.54, 1.807) is 4.90 Å². The highest BCUT2D eigenvalue weighted by Gasteiger charge is 2.28. The van der Waals surface area contributed by atoms with Gasteiger partial charge < -0.3 is 10.2 Å². The Hall–Kier alpha value is -1.95. The molecule has 0 radical (unpaired) electrons. The van der Waals surface area contributed by atoms with Gasteiger partial charge in [-0.1, -0.05) is 0 Å². The van der Waals surface area contributed by atoms with Crippen LogP contribution in [0.25, 0.3) is 0 Å². The first-order chi connectivity index (χ1) is 11.0. The monoisotopic (exact) mass is 319 g/mol. The molecule has 2 amide bonds. The van der Waals surface area contributed by atoms with Crippen LogP contribution in [0.3, 0.4) is 0 Å². The van der Waals surface area contributed by atoms with Crippen molar-refractivity contribution in [2.24, 2.45) is 5.92 Å². The van der Waals surface area contributed by atoms with E-state index in [2.05, 4.69) is 10.2 Å². The Bertz CT molecular complexity index is 608. The third-order valence-electron chi connectivity index (χ3n) is 4.39. The molecular formula is C17H22FN3O2. The van der Waals surface area contributed by atoms with Crippen LogP contribution in [0.15, 0.2) is 18.2 Å². The van der Waals surface area contributed by atoms with Crippen LogP contribution < -0.4 is 5.32 Å². The Labute approximate surface area is 135 Å². The van der Waals surface area contributed by atoms with Crippen molar-refractivity contribution in [3.05, 3.63) is 29.6 Å². The molecule has 0 atom stereocenters. The van der Waals surface area contributed by atoms with E-state index in [1.165, 1.54) is 38.0 Å². The summed E-state index contributed by atoms with van der Waals surface area (Å²) in [6.45, 7) is 5.42. The van der Waals surface area contributed by atoms with Crippen molar-refractivity contribution in [3.8, 4) is 0 Å². The minimum atomic E-state index is -0.551. The number of carbonyl (C=O) groups is 2. The first kappa shape index (κ1) is 15.9. The van der Waals surface area contributed by atoms with Gasteiger partial charge in [-0.15, -0.1) is 0 Å². The highest BCUT2D eigenvalue weighted by Crippen LogP contribution is 2.30. The average Bonchev–Trinajstić information content (AvgIpc) is 3.33. The summed E-state index contributed by atoms with van der Waals surface area (Å²) >= 11 is 0. The van der Waals surface area contributed by atoms with Crippen LogP contribution in [0.4, 0.5) is 10.1 Å². The van der Waals surface area contributed by atoms with Gasteiger partial charge in [0, 0.05) is 45.3 Å². The summed E-state index contributed by atoms with van der Waals surface area (Å²) in [4.78, 5) is 27.7. The minimum absolute atomic E-state index is 0.0203. The van der Waals surface area contributed by atoms with Crippen LogP contribution in [0.1, 0.15) is 30.1 Å². The third-order valence-corrected chi connectivity index (χ3v) is 4.39. The van der Waals surface area contributed by atoms with Gasteiger partial charge in [0.05, 0.1) is 5.56 Å². The first-order valence-electron chi connectivity index (χ1n) is 8.11. The van der Waals surface area contributed by atoms with Crippen molar-refractivity contribution >= 4 is 17.5 Å². The van der Waals surface area contributed by atoms with Crippen molar-refractivity contribution in [3.63, 3.8) is 0 Å². The summed E-state index contributed by atoms with van der Waals surface area (Å²) < 4.78 is 14.0. The average molecular weight is 319 g/mol. The second-order valence-electron chi connectivity index (χ2n) is 6.41. The summed E-state index contributed by atoms with van der Waals surface area (Å²) in [6, 6.07) is 4.10. The Morgan fingerprint density at radius 2 is 1.91 bits per heavy atom. The van der Waals surface area contributed by atoms with Crippen molar-refractivity contribution in [2.75, 3.05) is 38.0 Å². The molecule has 1 saturated heterocycles. The molecule has 5 nitrogen and oxygen atoms in total. The van der Waals surface area contributed by atoms with Crippen LogP contribution in [0.5, 0.6) is 0 Å². The summed E-state index contributed by atoms with van der Waals surface area (Å²) in [5.41, 5.74) is 0.460. The molecular weight excluding hydrogens is 297 g/mol. The number of nitrogens with one attached hydrogen (secondary N) is 1. The van der Waals surface area contributed by atoms with Crippen LogP contribution >= 0.6 is 0 Å². The zero-order chi connectivity index (χ0) is 16.4. The Morgan fingerprint density at radius 1 is 1.22 bits per heavy atom. The number of rotatable bonds is 4. The molecule has 6 heteroatoms. The van der Waals surface area contributed by atoms with Gasteiger partial charge in [-0.25, -0.2) is 4.39 Å². The molecule has 1 N–H and O–H groups in total. The molecule has 124 valence electrons. The van der Waals surface area contributed by atoms with E-state index in [4.69, 9.17) is 0 Å². The molecule has 2 aliphatic rings. The maximum Gasteiger partial charge on any atom is 0.256 e. The lowest BCUT2D eigenvalue weighted by Gasteiger charge is -2.34. The van der Waals surface area contributed by atoms with Gasteiger partial charge in [-0.2, -0.15) is 0 Å². The third kappa shape index (κ3) is 4.07. The standard InChI is InChI=1S/C17H22FN3O2/c1-12(22)19-14-4-5-16(18)15(10-14)17(23)21-8-6-20(7-9-21)11-13-2-3-13/h4-5,10,13H,2-3,6-9,11H2,1H3,(H,19,22). The highest BCUT2D eigenvalue weighted by molar-refractivity contribution is 5.97. The molecule has 3 rings (SSSR count). The number of anilines is 1. The molecule has 2 fully saturated rings. The van der Waals surface area contributed by atoms with E-state index in [1.807, 2.05) is 0 Å². The predicted octanol–water partition coefficient (Wildman–Crippen LogP) is 1.95. The lowest BCUT2D eigenvalue weighted by Crippen LogP contribution is -2.49. The topological polar surface area (TPSA) is 52.7 Å². The Balaban J connectivity index is 1.64. The molecule has 23 heavy (non-hydrogen) atoms. The van der Waals surface area contributed by atoms with Gasteiger partial charge in [0.1, 0.15) is 5.82 Å². The largest absolute Gasteiger partial charge is 0.336 e. The molecule has 1 aliphatic heterocycles. The first-order valence-corrected chi connectivity index (χ1v) is 8.11. The number of benzene rings is 1. The maximum absolute atomic E-state index is 14.0. The SMILES string of the molecule is CC(=O)Nc1ccc(F)c(C(=O)N2CCN(CC3CC3)CC2)c1. The van der Waals surface area contributed by atoms with E-state index in [0.717, 1.165) is 25.6 Å². The smallest absolute Gasteiger partial charge is 0.256 e. The highest BCUT2D eigenvalue weighted by atomic mass is 19.1. The number of carbonyl (C=O) groups excluding carboxylic acids is 2. The van der Waals surface area contributed by atoms with E-state index in [-0.39, 0.29) is 17.4 Å².